The molecular formula is C20H20N2O2. The summed E-state index contributed by atoms with van der Waals surface area (Å²) in [5, 5.41) is 6.50. The minimum absolute atomic E-state index is 0.0106. The van der Waals surface area contributed by atoms with Crippen LogP contribution in [0.2, 0.25) is 0 Å². The number of nitrogens with zero attached hydrogens (tertiary/aromatic N) is 2. The molecule has 0 unspecified atom stereocenters. The maximum absolute atomic E-state index is 12.1. The Morgan fingerprint density at radius 1 is 0.792 bits per heavy atom. The molecule has 0 N–H and O–H groups in total. The first-order valence-electron chi connectivity index (χ1n) is 8.16. The van der Waals surface area contributed by atoms with Crippen molar-refractivity contribution in [3.63, 3.8) is 0 Å². The molecule has 2 aromatic rings. The Balaban J connectivity index is 1.81. The molecule has 0 bridgehead atoms. The number of hydrogen-bond donors (Lipinski definition) is 0. The number of hydrazone groups is 1. The van der Waals surface area contributed by atoms with E-state index in [0.717, 1.165) is 11.1 Å². The molecule has 1 aliphatic carbocycles. The van der Waals surface area contributed by atoms with Gasteiger partial charge in [-0.1, -0.05) is 60.7 Å². The number of carbonyl (C=O) groups is 2. The van der Waals surface area contributed by atoms with Gasteiger partial charge in [-0.05, 0) is 11.1 Å². The molecular weight excluding hydrogens is 300 g/mol. The van der Waals surface area contributed by atoms with E-state index in [0.29, 0.717) is 31.6 Å². The largest absolute Gasteiger partial charge is 0.299 e. The van der Waals surface area contributed by atoms with Crippen LogP contribution >= 0.6 is 0 Å². The van der Waals surface area contributed by atoms with Gasteiger partial charge >= 0.3 is 0 Å². The Labute approximate surface area is 141 Å². The van der Waals surface area contributed by atoms with Crippen molar-refractivity contribution in [2.75, 3.05) is 0 Å². The molecule has 1 saturated carbocycles. The lowest BCUT2D eigenvalue weighted by molar-refractivity contribution is -0.125. The second-order valence-corrected chi connectivity index (χ2v) is 5.98. The van der Waals surface area contributed by atoms with Crippen LogP contribution < -0.4 is 0 Å². The van der Waals surface area contributed by atoms with E-state index in [4.69, 9.17) is 0 Å². The minimum atomic E-state index is -0.141. The third-order valence-corrected chi connectivity index (χ3v) is 4.00. The molecule has 4 heteroatoms. The van der Waals surface area contributed by atoms with Crippen LogP contribution in [0.1, 0.15) is 30.4 Å². The van der Waals surface area contributed by atoms with Gasteiger partial charge in [-0.3, -0.25) is 14.6 Å². The number of Topliss-reactive ketones (excluding diaryl/α,β-unsaturated/α-hetero) is 2. The van der Waals surface area contributed by atoms with Crippen LogP contribution in [0.5, 0.6) is 0 Å². The zero-order valence-corrected chi connectivity index (χ0v) is 13.5. The second-order valence-electron chi connectivity index (χ2n) is 5.98. The molecule has 24 heavy (non-hydrogen) atoms. The average molecular weight is 320 g/mol. The summed E-state index contributed by atoms with van der Waals surface area (Å²) in [4.78, 5) is 23.5. The van der Waals surface area contributed by atoms with Gasteiger partial charge in [-0.15, -0.1) is 0 Å². The number of ketones is 2. The van der Waals surface area contributed by atoms with Gasteiger partial charge in [0.05, 0.1) is 19.5 Å². The standard InChI is InChI=1S/C20H20N2O2/c23-18-11-12-19(20(24)13-18)21-22(14-16-7-3-1-4-8-16)15-17-9-5-2-6-10-17/h1-10H,11-15H2. The molecule has 0 aromatic heterocycles. The summed E-state index contributed by atoms with van der Waals surface area (Å²) in [5.74, 6) is -0.131. The summed E-state index contributed by atoms with van der Waals surface area (Å²) in [6.07, 6.45) is 0.843. The Kier molecular flexibility index (Phi) is 5.16. The van der Waals surface area contributed by atoms with Crippen molar-refractivity contribution < 1.29 is 9.59 Å². The van der Waals surface area contributed by atoms with E-state index in [2.05, 4.69) is 5.10 Å². The molecule has 0 amide bonds. The fourth-order valence-corrected chi connectivity index (χ4v) is 2.76. The van der Waals surface area contributed by atoms with Crippen molar-refractivity contribution in [2.24, 2.45) is 5.10 Å². The fraction of sp³-hybridized carbons (Fsp3) is 0.250. The number of rotatable bonds is 5. The summed E-state index contributed by atoms with van der Waals surface area (Å²) in [7, 11) is 0. The summed E-state index contributed by atoms with van der Waals surface area (Å²) in [6.45, 7) is 1.25. The van der Waals surface area contributed by atoms with Crippen molar-refractivity contribution >= 4 is 17.3 Å². The minimum Gasteiger partial charge on any atom is -0.299 e. The highest BCUT2D eigenvalue weighted by Crippen LogP contribution is 2.14. The molecule has 0 radical (unpaired) electrons. The number of carbonyl (C=O) groups excluding carboxylic acids is 2. The predicted octanol–water partition coefficient (Wildman–Crippen LogP) is 3.37. The van der Waals surface area contributed by atoms with Gasteiger partial charge in [-0.2, -0.15) is 5.10 Å². The fourth-order valence-electron chi connectivity index (χ4n) is 2.76. The number of hydrogen-bond acceptors (Lipinski definition) is 4. The van der Waals surface area contributed by atoms with E-state index in [1.807, 2.05) is 65.7 Å². The van der Waals surface area contributed by atoms with Gasteiger partial charge in [-0.25, -0.2) is 0 Å². The van der Waals surface area contributed by atoms with Crippen molar-refractivity contribution in [1.82, 2.24) is 5.01 Å². The highest BCUT2D eigenvalue weighted by Gasteiger charge is 2.23. The van der Waals surface area contributed by atoms with E-state index < -0.39 is 0 Å². The first kappa shape index (κ1) is 16.1. The second kappa shape index (κ2) is 7.68. The predicted molar refractivity (Wildman–Crippen MR) is 93.4 cm³/mol. The molecule has 0 saturated heterocycles. The third kappa shape index (κ3) is 4.38. The van der Waals surface area contributed by atoms with Gasteiger partial charge in [0.1, 0.15) is 11.5 Å². The highest BCUT2D eigenvalue weighted by molar-refractivity contribution is 6.44. The van der Waals surface area contributed by atoms with Crippen molar-refractivity contribution in [2.45, 2.75) is 32.4 Å². The van der Waals surface area contributed by atoms with Crippen LogP contribution in [0.3, 0.4) is 0 Å². The van der Waals surface area contributed by atoms with Crippen LogP contribution in [0.25, 0.3) is 0 Å². The lowest BCUT2D eigenvalue weighted by Gasteiger charge is -2.22. The molecule has 3 rings (SSSR count). The van der Waals surface area contributed by atoms with Gasteiger partial charge in [0.2, 0.25) is 0 Å². The van der Waals surface area contributed by atoms with Gasteiger partial charge in [0, 0.05) is 12.8 Å². The van der Waals surface area contributed by atoms with Crippen molar-refractivity contribution in [3.05, 3.63) is 71.8 Å². The summed E-state index contributed by atoms with van der Waals surface area (Å²) in [6, 6.07) is 20.1. The van der Waals surface area contributed by atoms with Gasteiger partial charge < -0.3 is 0 Å². The normalized spacial score (nSPS) is 16.4. The lowest BCUT2D eigenvalue weighted by atomic mass is 9.96. The van der Waals surface area contributed by atoms with Crippen LogP contribution in [0.15, 0.2) is 65.8 Å². The Morgan fingerprint density at radius 2 is 1.33 bits per heavy atom. The molecule has 0 atom stereocenters. The first-order chi connectivity index (χ1) is 11.7. The van der Waals surface area contributed by atoms with Crippen LogP contribution in [-0.4, -0.2) is 22.3 Å². The molecule has 2 aromatic carbocycles. The quantitative estimate of drug-likeness (QED) is 0.627. The molecule has 0 aliphatic heterocycles. The van der Waals surface area contributed by atoms with Crippen LogP contribution in [0, 0.1) is 0 Å². The zero-order chi connectivity index (χ0) is 16.8. The lowest BCUT2D eigenvalue weighted by Crippen LogP contribution is -2.28. The van der Waals surface area contributed by atoms with Crippen molar-refractivity contribution in [3.8, 4) is 0 Å². The van der Waals surface area contributed by atoms with E-state index in [1.54, 1.807) is 0 Å². The SMILES string of the molecule is O=C1CCC(=NN(Cc2ccccc2)Cc2ccccc2)C(=O)C1. The molecule has 0 spiro atoms. The maximum atomic E-state index is 12.1. The molecule has 0 heterocycles. The van der Waals surface area contributed by atoms with E-state index >= 15 is 0 Å². The highest BCUT2D eigenvalue weighted by atomic mass is 16.1. The summed E-state index contributed by atoms with van der Waals surface area (Å²) >= 11 is 0. The first-order valence-corrected chi connectivity index (χ1v) is 8.16. The Hall–Kier alpha value is -2.75. The molecule has 1 fully saturated rings. The van der Waals surface area contributed by atoms with Crippen LogP contribution in [-0.2, 0) is 22.7 Å². The van der Waals surface area contributed by atoms with Gasteiger partial charge in [0.25, 0.3) is 0 Å². The Morgan fingerprint density at radius 3 is 1.83 bits per heavy atom. The average Bonchev–Trinajstić information content (AvgIpc) is 2.59. The number of benzene rings is 2. The maximum Gasteiger partial charge on any atom is 0.186 e. The van der Waals surface area contributed by atoms with E-state index in [-0.39, 0.29) is 18.0 Å². The van der Waals surface area contributed by atoms with Crippen molar-refractivity contribution in [1.29, 1.82) is 0 Å². The van der Waals surface area contributed by atoms with E-state index in [1.165, 1.54) is 0 Å². The van der Waals surface area contributed by atoms with E-state index in [9.17, 15) is 9.59 Å². The molecule has 1 aliphatic rings. The topological polar surface area (TPSA) is 49.7 Å². The summed E-state index contributed by atoms with van der Waals surface area (Å²) in [5.41, 5.74) is 2.79. The molecule has 4 nitrogen and oxygen atoms in total. The third-order valence-electron chi connectivity index (χ3n) is 4.00. The monoisotopic (exact) mass is 320 g/mol. The summed E-state index contributed by atoms with van der Waals surface area (Å²) < 4.78 is 0. The molecule has 122 valence electrons. The van der Waals surface area contributed by atoms with Gasteiger partial charge in [0.15, 0.2) is 5.78 Å². The smallest absolute Gasteiger partial charge is 0.186 e. The van der Waals surface area contributed by atoms with Crippen LogP contribution in [0.4, 0.5) is 0 Å². The zero-order valence-electron chi connectivity index (χ0n) is 13.5. The Bertz CT molecular complexity index is 697.